The Bertz CT molecular complexity index is 503. The Labute approximate surface area is 106 Å². The minimum absolute atomic E-state index is 0.0613. The molecule has 0 fully saturated rings. The third kappa shape index (κ3) is 3.59. The lowest BCUT2D eigenvalue weighted by molar-refractivity contribution is -0.120. The van der Waals surface area contributed by atoms with E-state index in [4.69, 9.17) is 5.26 Å². The van der Waals surface area contributed by atoms with E-state index in [2.05, 4.69) is 10.6 Å². The van der Waals surface area contributed by atoms with Gasteiger partial charge in [0, 0.05) is 25.6 Å². The van der Waals surface area contributed by atoms with E-state index in [1.54, 1.807) is 25.2 Å². The zero-order valence-electron chi connectivity index (χ0n) is 10.4. The van der Waals surface area contributed by atoms with Gasteiger partial charge in [0.2, 0.25) is 5.91 Å². The van der Waals surface area contributed by atoms with Crippen LogP contribution in [0.3, 0.4) is 0 Å². The molecule has 0 aliphatic carbocycles. The molecule has 0 spiro atoms. The number of ketones is 1. The Kier molecular flexibility index (Phi) is 4.88. The van der Waals surface area contributed by atoms with Crippen LogP contribution >= 0.6 is 0 Å². The Morgan fingerprint density at radius 3 is 2.67 bits per heavy atom. The van der Waals surface area contributed by atoms with Crippen LogP contribution in [-0.2, 0) is 4.79 Å². The highest BCUT2D eigenvalue weighted by Crippen LogP contribution is 2.17. The van der Waals surface area contributed by atoms with Crippen LogP contribution in [0.1, 0.15) is 29.3 Å². The van der Waals surface area contributed by atoms with Gasteiger partial charge in [-0.25, -0.2) is 0 Å². The quantitative estimate of drug-likeness (QED) is 0.766. The predicted octanol–water partition coefficient (Wildman–Crippen LogP) is 1.31. The molecule has 1 rings (SSSR count). The van der Waals surface area contributed by atoms with Crippen LogP contribution in [0.25, 0.3) is 0 Å². The molecular weight excluding hydrogens is 230 g/mol. The van der Waals surface area contributed by atoms with Crippen molar-refractivity contribution < 1.29 is 9.59 Å². The number of nitrogens with one attached hydrogen (secondary N) is 2. The first-order valence-corrected chi connectivity index (χ1v) is 5.58. The molecule has 18 heavy (non-hydrogen) atoms. The number of carbonyl (C=O) groups is 2. The van der Waals surface area contributed by atoms with Crippen molar-refractivity contribution >= 4 is 17.4 Å². The number of nitrogens with zero attached hydrogens (tertiary/aromatic N) is 1. The summed E-state index contributed by atoms with van der Waals surface area (Å²) in [5.41, 5.74) is 1.57. The number of carbonyl (C=O) groups excluding carboxylic acids is 2. The summed E-state index contributed by atoms with van der Waals surface area (Å²) >= 11 is 0. The second-order valence-corrected chi connectivity index (χ2v) is 3.78. The van der Waals surface area contributed by atoms with Gasteiger partial charge in [-0.1, -0.05) is 0 Å². The lowest BCUT2D eigenvalue weighted by atomic mass is 10.1. The molecule has 0 bridgehead atoms. The van der Waals surface area contributed by atoms with E-state index >= 15 is 0 Å². The van der Waals surface area contributed by atoms with Gasteiger partial charge in [0.1, 0.15) is 6.07 Å². The molecule has 0 saturated heterocycles. The van der Waals surface area contributed by atoms with E-state index in [9.17, 15) is 9.59 Å². The average Bonchev–Trinajstić information content (AvgIpc) is 2.38. The molecule has 0 atom stereocenters. The lowest BCUT2D eigenvalue weighted by Gasteiger charge is -2.09. The molecule has 5 heteroatoms. The summed E-state index contributed by atoms with van der Waals surface area (Å²) in [6.45, 7) is 1.88. The third-order valence-corrected chi connectivity index (χ3v) is 2.49. The molecule has 0 aliphatic heterocycles. The van der Waals surface area contributed by atoms with Gasteiger partial charge in [0.15, 0.2) is 5.78 Å². The fraction of sp³-hybridized carbons (Fsp3) is 0.308. The van der Waals surface area contributed by atoms with Crippen LogP contribution in [0.4, 0.5) is 5.69 Å². The largest absolute Gasteiger partial charge is 0.383 e. The maximum Gasteiger partial charge on any atom is 0.221 e. The number of anilines is 1. The Balaban J connectivity index is 2.79. The van der Waals surface area contributed by atoms with E-state index in [1.165, 1.54) is 6.92 Å². The van der Waals surface area contributed by atoms with E-state index < -0.39 is 0 Å². The summed E-state index contributed by atoms with van der Waals surface area (Å²) in [4.78, 5) is 22.3. The van der Waals surface area contributed by atoms with E-state index in [-0.39, 0.29) is 11.7 Å². The van der Waals surface area contributed by atoms with Crippen molar-refractivity contribution in [2.24, 2.45) is 0 Å². The van der Waals surface area contributed by atoms with Crippen molar-refractivity contribution in [1.82, 2.24) is 5.32 Å². The summed E-state index contributed by atoms with van der Waals surface area (Å²) in [6, 6.07) is 6.88. The van der Waals surface area contributed by atoms with Gasteiger partial charge in [0.25, 0.3) is 0 Å². The normalized spacial score (nSPS) is 9.39. The molecule has 0 unspecified atom stereocenters. The van der Waals surface area contributed by atoms with Gasteiger partial charge in [-0.05, 0) is 25.1 Å². The van der Waals surface area contributed by atoms with Gasteiger partial charge in [-0.15, -0.1) is 0 Å². The molecule has 5 nitrogen and oxygen atoms in total. The Morgan fingerprint density at radius 2 is 2.11 bits per heavy atom. The number of rotatable bonds is 5. The molecule has 0 saturated carbocycles. The summed E-state index contributed by atoms with van der Waals surface area (Å²) in [5, 5.41) is 14.4. The lowest BCUT2D eigenvalue weighted by Crippen LogP contribution is -2.21. The van der Waals surface area contributed by atoms with Crippen molar-refractivity contribution in [2.75, 3.05) is 18.9 Å². The van der Waals surface area contributed by atoms with Gasteiger partial charge in [-0.3, -0.25) is 9.59 Å². The highest BCUT2D eigenvalue weighted by molar-refractivity contribution is 5.95. The van der Waals surface area contributed by atoms with Gasteiger partial charge < -0.3 is 10.6 Å². The van der Waals surface area contributed by atoms with Crippen LogP contribution < -0.4 is 10.6 Å². The monoisotopic (exact) mass is 245 g/mol. The maximum atomic E-state index is 11.3. The van der Waals surface area contributed by atoms with Crippen molar-refractivity contribution in [1.29, 1.82) is 5.26 Å². The van der Waals surface area contributed by atoms with Crippen molar-refractivity contribution in [3.05, 3.63) is 29.3 Å². The van der Waals surface area contributed by atoms with Crippen LogP contribution in [0, 0.1) is 11.3 Å². The topological polar surface area (TPSA) is 82.0 Å². The second kappa shape index (κ2) is 6.40. The van der Waals surface area contributed by atoms with Crippen LogP contribution in [-0.4, -0.2) is 25.3 Å². The van der Waals surface area contributed by atoms with E-state index in [0.717, 1.165) is 0 Å². The molecule has 1 amide bonds. The highest BCUT2D eigenvalue weighted by atomic mass is 16.1. The molecule has 0 radical (unpaired) electrons. The predicted molar refractivity (Wildman–Crippen MR) is 68.3 cm³/mol. The van der Waals surface area contributed by atoms with Crippen molar-refractivity contribution in [2.45, 2.75) is 13.3 Å². The average molecular weight is 245 g/mol. The van der Waals surface area contributed by atoms with Crippen molar-refractivity contribution in [3.63, 3.8) is 0 Å². The SMILES string of the molecule is CNC(=O)CCNc1cc(C(C)=O)ccc1C#N. The standard InChI is InChI=1S/C13H15N3O2/c1-9(17)10-3-4-11(8-14)12(7-10)16-6-5-13(18)15-2/h3-4,7,16H,5-6H2,1-2H3,(H,15,18). The second-order valence-electron chi connectivity index (χ2n) is 3.78. The fourth-order valence-electron chi connectivity index (χ4n) is 1.44. The van der Waals surface area contributed by atoms with E-state index in [1.807, 2.05) is 6.07 Å². The first-order valence-electron chi connectivity index (χ1n) is 5.58. The van der Waals surface area contributed by atoms with Crippen molar-refractivity contribution in [3.8, 4) is 6.07 Å². The number of nitriles is 1. The molecule has 0 heterocycles. The molecule has 0 aromatic heterocycles. The van der Waals surface area contributed by atoms with Gasteiger partial charge >= 0.3 is 0 Å². The fourth-order valence-corrected chi connectivity index (χ4v) is 1.44. The summed E-state index contributed by atoms with van der Waals surface area (Å²) < 4.78 is 0. The molecule has 1 aromatic rings. The molecular formula is C13H15N3O2. The smallest absolute Gasteiger partial charge is 0.221 e. The minimum Gasteiger partial charge on any atom is -0.383 e. The molecule has 94 valence electrons. The highest BCUT2D eigenvalue weighted by Gasteiger charge is 2.06. The molecule has 2 N–H and O–H groups in total. The summed E-state index contributed by atoms with van der Waals surface area (Å²) in [5.74, 6) is -0.141. The first kappa shape index (κ1) is 13.7. The number of amides is 1. The van der Waals surface area contributed by atoms with Crippen LogP contribution in [0.15, 0.2) is 18.2 Å². The molecule has 1 aromatic carbocycles. The van der Waals surface area contributed by atoms with Crippen LogP contribution in [0.5, 0.6) is 0 Å². The van der Waals surface area contributed by atoms with Gasteiger partial charge in [0.05, 0.1) is 11.3 Å². The minimum atomic E-state index is -0.0799. The third-order valence-electron chi connectivity index (χ3n) is 2.49. The zero-order chi connectivity index (χ0) is 13.5. The summed E-state index contributed by atoms with van der Waals surface area (Å²) in [7, 11) is 1.57. The number of Topliss-reactive ketones (excluding diaryl/α,β-unsaturated/α-hetero) is 1. The Morgan fingerprint density at radius 1 is 1.39 bits per heavy atom. The first-order chi connectivity index (χ1) is 8.58. The molecule has 0 aliphatic rings. The number of hydrogen-bond donors (Lipinski definition) is 2. The van der Waals surface area contributed by atoms with E-state index in [0.29, 0.717) is 29.8 Å². The summed E-state index contributed by atoms with van der Waals surface area (Å²) in [6.07, 6.45) is 0.311. The van der Waals surface area contributed by atoms with Gasteiger partial charge in [-0.2, -0.15) is 5.26 Å². The zero-order valence-corrected chi connectivity index (χ0v) is 10.4. The number of benzene rings is 1. The van der Waals surface area contributed by atoms with Crippen LogP contribution in [0.2, 0.25) is 0 Å². The maximum absolute atomic E-state index is 11.3. The Hall–Kier alpha value is -2.35. The number of hydrogen-bond acceptors (Lipinski definition) is 4.